The van der Waals surface area contributed by atoms with Gasteiger partial charge in [-0.3, -0.25) is 0 Å². The molecule has 116 valence electrons. The van der Waals surface area contributed by atoms with Crippen LogP contribution in [-0.2, 0) is 12.8 Å². The molecule has 3 rings (SSSR count). The van der Waals surface area contributed by atoms with Crippen molar-refractivity contribution in [2.75, 3.05) is 6.54 Å². The third kappa shape index (κ3) is 3.14. The number of fused-ring (bicyclic) bond motifs is 1. The minimum Gasteiger partial charge on any atom is -0.354 e. The van der Waals surface area contributed by atoms with Crippen LogP contribution in [0.15, 0.2) is 34.1 Å². The summed E-state index contributed by atoms with van der Waals surface area (Å²) in [7, 11) is 0. The quantitative estimate of drug-likeness (QED) is 0.547. The predicted molar refractivity (Wildman–Crippen MR) is 101 cm³/mol. The largest absolute Gasteiger partial charge is 0.354 e. The zero-order valence-corrected chi connectivity index (χ0v) is 15.2. The molecule has 4 heteroatoms. The number of unbranched alkanes of at least 4 members (excludes halogenated alkanes) is 1. The zero-order valence-electron chi connectivity index (χ0n) is 12.8. The summed E-state index contributed by atoms with van der Waals surface area (Å²) in [4.78, 5) is 4.93. The first kappa shape index (κ1) is 15.8. The molecule has 0 saturated heterocycles. The second-order valence-corrected chi connectivity index (χ2v) is 8.02. The highest BCUT2D eigenvalue weighted by Gasteiger charge is 2.14. The molecule has 0 atom stereocenters. The fourth-order valence-corrected chi connectivity index (χ4v) is 4.29. The van der Waals surface area contributed by atoms with Crippen LogP contribution in [0.4, 0.5) is 0 Å². The second kappa shape index (κ2) is 6.99. The lowest BCUT2D eigenvalue weighted by molar-refractivity contribution is 0.748. The van der Waals surface area contributed by atoms with Crippen molar-refractivity contribution < 1.29 is 0 Å². The Morgan fingerprint density at radius 3 is 2.73 bits per heavy atom. The van der Waals surface area contributed by atoms with Gasteiger partial charge >= 0.3 is 0 Å². The van der Waals surface area contributed by atoms with Gasteiger partial charge in [-0.1, -0.05) is 13.0 Å². The van der Waals surface area contributed by atoms with Crippen molar-refractivity contribution in [3.05, 3.63) is 45.2 Å². The van der Waals surface area contributed by atoms with Crippen LogP contribution in [0, 0.1) is 0 Å². The predicted octanol–water partition coefficient (Wildman–Crippen LogP) is 5.50. The van der Waals surface area contributed by atoms with Gasteiger partial charge in [0.25, 0.3) is 0 Å². The van der Waals surface area contributed by atoms with Gasteiger partial charge in [0.2, 0.25) is 0 Å². The molecule has 3 N–H and O–H groups in total. The molecule has 0 spiro atoms. The van der Waals surface area contributed by atoms with E-state index in [1.54, 1.807) is 11.3 Å². The summed E-state index contributed by atoms with van der Waals surface area (Å²) in [5.74, 6) is 0. The molecule has 3 aromatic rings. The van der Waals surface area contributed by atoms with E-state index in [1.807, 2.05) is 0 Å². The molecular weight excluding hydrogens is 356 g/mol. The van der Waals surface area contributed by atoms with Gasteiger partial charge in [0.1, 0.15) is 0 Å². The maximum Gasteiger partial charge on any atom is 0.0705 e. The molecular formula is C18H21BrN2S. The van der Waals surface area contributed by atoms with E-state index in [0.717, 1.165) is 32.2 Å². The van der Waals surface area contributed by atoms with Crippen molar-refractivity contribution in [1.82, 2.24) is 4.98 Å². The molecule has 22 heavy (non-hydrogen) atoms. The number of H-pyrrole nitrogens is 1. The van der Waals surface area contributed by atoms with Crippen molar-refractivity contribution in [2.45, 2.75) is 32.6 Å². The number of hydrogen-bond acceptors (Lipinski definition) is 2. The van der Waals surface area contributed by atoms with Crippen molar-refractivity contribution in [3.8, 4) is 10.6 Å². The second-order valence-electron chi connectivity index (χ2n) is 5.56. The van der Waals surface area contributed by atoms with Crippen molar-refractivity contribution in [3.63, 3.8) is 0 Å². The molecule has 0 aliphatic heterocycles. The Balaban J connectivity index is 2.10. The van der Waals surface area contributed by atoms with Crippen LogP contribution in [0.1, 0.15) is 30.9 Å². The van der Waals surface area contributed by atoms with E-state index in [-0.39, 0.29) is 0 Å². The smallest absolute Gasteiger partial charge is 0.0705 e. The molecule has 0 aliphatic carbocycles. The Kier molecular flexibility index (Phi) is 5.01. The first-order valence-corrected chi connectivity index (χ1v) is 9.43. The summed E-state index contributed by atoms with van der Waals surface area (Å²) in [6.45, 7) is 2.97. The minimum atomic E-state index is 0.766. The van der Waals surface area contributed by atoms with Gasteiger partial charge in [-0.2, -0.15) is 0 Å². The molecule has 0 fully saturated rings. The van der Waals surface area contributed by atoms with E-state index < -0.39 is 0 Å². The van der Waals surface area contributed by atoms with Gasteiger partial charge in [-0.25, -0.2) is 0 Å². The van der Waals surface area contributed by atoms with Crippen LogP contribution in [0.3, 0.4) is 0 Å². The van der Waals surface area contributed by atoms with Gasteiger partial charge in [0.05, 0.1) is 14.4 Å². The molecule has 0 radical (unpaired) electrons. The van der Waals surface area contributed by atoms with E-state index in [9.17, 15) is 0 Å². The minimum absolute atomic E-state index is 0.766. The highest BCUT2D eigenvalue weighted by Crippen LogP contribution is 2.37. The number of rotatable bonds is 6. The number of aromatic amines is 1. The molecule has 2 heterocycles. The molecule has 2 nitrogen and oxygen atoms in total. The maximum absolute atomic E-state index is 5.67. The number of halogens is 1. The summed E-state index contributed by atoms with van der Waals surface area (Å²) in [5, 5.41) is 1.37. The summed E-state index contributed by atoms with van der Waals surface area (Å²) >= 11 is 5.35. The first-order chi connectivity index (χ1) is 10.7. The van der Waals surface area contributed by atoms with Crippen LogP contribution in [-0.4, -0.2) is 11.5 Å². The monoisotopic (exact) mass is 376 g/mol. The van der Waals surface area contributed by atoms with E-state index >= 15 is 0 Å². The van der Waals surface area contributed by atoms with Crippen molar-refractivity contribution >= 4 is 38.2 Å². The number of benzene rings is 1. The molecule has 2 aromatic heterocycles. The fourth-order valence-electron chi connectivity index (χ4n) is 2.88. The Hall–Kier alpha value is -1.10. The highest BCUT2D eigenvalue weighted by atomic mass is 79.9. The normalized spacial score (nSPS) is 11.4. The number of thiophene rings is 1. The third-order valence-corrected chi connectivity index (χ3v) is 5.72. The Bertz CT molecular complexity index is 773. The first-order valence-electron chi connectivity index (χ1n) is 7.82. The number of aryl methyl sites for hydroxylation is 2. The summed E-state index contributed by atoms with van der Waals surface area (Å²) in [6.07, 6.45) is 4.37. The van der Waals surface area contributed by atoms with Crippen LogP contribution >= 0.6 is 27.3 Å². The standard InChI is InChI=1S/C18H21BrN2S/c1-2-12-6-7-15-14(11-12)13(5-3-4-10-20)18(21-15)16-8-9-17(19)22-16/h6-9,11,21H,2-5,10,20H2,1H3. The van der Waals surface area contributed by atoms with Gasteiger partial charge in [-0.05, 0) is 83.6 Å². The number of nitrogens with two attached hydrogens (primary N) is 1. The molecule has 0 amide bonds. The number of nitrogens with one attached hydrogen (secondary N) is 1. The van der Waals surface area contributed by atoms with E-state index in [4.69, 9.17) is 5.73 Å². The topological polar surface area (TPSA) is 41.8 Å². The number of aromatic nitrogens is 1. The highest BCUT2D eigenvalue weighted by molar-refractivity contribution is 9.11. The summed E-state index contributed by atoms with van der Waals surface area (Å²) in [6, 6.07) is 11.1. The average molecular weight is 377 g/mol. The van der Waals surface area contributed by atoms with Gasteiger partial charge in [0.15, 0.2) is 0 Å². The van der Waals surface area contributed by atoms with Gasteiger partial charge < -0.3 is 10.7 Å². The Labute approximate surface area is 143 Å². The molecule has 0 saturated carbocycles. The zero-order chi connectivity index (χ0) is 15.5. The molecule has 0 aliphatic rings. The van der Waals surface area contributed by atoms with E-state index in [1.165, 1.54) is 36.4 Å². The molecule has 0 unspecified atom stereocenters. The van der Waals surface area contributed by atoms with E-state index in [2.05, 4.69) is 58.2 Å². The van der Waals surface area contributed by atoms with Crippen LogP contribution in [0.25, 0.3) is 21.5 Å². The maximum atomic E-state index is 5.67. The Morgan fingerprint density at radius 1 is 1.18 bits per heavy atom. The molecule has 0 bridgehead atoms. The Morgan fingerprint density at radius 2 is 2.05 bits per heavy atom. The lowest BCUT2D eigenvalue weighted by Crippen LogP contribution is -1.99. The lowest BCUT2D eigenvalue weighted by Gasteiger charge is -2.04. The van der Waals surface area contributed by atoms with Crippen LogP contribution in [0.2, 0.25) is 0 Å². The average Bonchev–Trinajstić information content (AvgIpc) is 3.11. The molecule has 1 aromatic carbocycles. The van der Waals surface area contributed by atoms with Crippen LogP contribution in [0.5, 0.6) is 0 Å². The van der Waals surface area contributed by atoms with Gasteiger partial charge in [0, 0.05) is 10.9 Å². The number of hydrogen-bond donors (Lipinski definition) is 2. The summed E-state index contributed by atoms with van der Waals surface area (Å²) < 4.78 is 1.17. The van der Waals surface area contributed by atoms with Crippen molar-refractivity contribution in [1.29, 1.82) is 0 Å². The fraction of sp³-hybridized carbons (Fsp3) is 0.333. The van der Waals surface area contributed by atoms with E-state index in [0.29, 0.717) is 0 Å². The SMILES string of the molecule is CCc1ccc2[nH]c(-c3ccc(Br)s3)c(CCCCN)c2c1. The third-order valence-electron chi connectivity index (χ3n) is 4.08. The van der Waals surface area contributed by atoms with Crippen molar-refractivity contribution in [2.24, 2.45) is 5.73 Å². The lowest BCUT2D eigenvalue weighted by atomic mass is 10.0. The van der Waals surface area contributed by atoms with Crippen LogP contribution < -0.4 is 5.73 Å². The van der Waals surface area contributed by atoms with Gasteiger partial charge in [-0.15, -0.1) is 11.3 Å². The summed E-state index contributed by atoms with van der Waals surface area (Å²) in [5.41, 5.74) is 11.0.